The van der Waals surface area contributed by atoms with Crippen molar-refractivity contribution in [1.29, 1.82) is 0 Å². The number of benzene rings is 1. The van der Waals surface area contributed by atoms with E-state index in [1.54, 1.807) is 6.92 Å². The Morgan fingerprint density at radius 3 is 2.48 bits per heavy atom. The van der Waals surface area contributed by atoms with E-state index >= 15 is 0 Å². The number of sulfonamides is 1. The van der Waals surface area contributed by atoms with Crippen molar-refractivity contribution in [3.8, 4) is 5.75 Å². The van der Waals surface area contributed by atoms with E-state index in [1.807, 2.05) is 0 Å². The molecule has 0 aliphatic carbocycles. The molecule has 7 nitrogen and oxygen atoms in total. The highest BCUT2D eigenvalue weighted by Gasteiger charge is 2.22. The van der Waals surface area contributed by atoms with Crippen molar-refractivity contribution in [1.82, 2.24) is 10.0 Å². The van der Waals surface area contributed by atoms with Crippen molar-refractivity contribution in [2.24, 2.45) is 0 Å². The minimum absolute atomic E-state index is 0.0499. The molecular weight excluding hydrogens is 340 g/mol. The summed E-state index contributed by atoms with van der Waals surface area (Å²) in [4.78, 5) is 0.165. The third-order valence-corrected chi connectivity index (χ3v) is 6.82. The molecule has 9 heteroatoms. The molecule has 2 N–H and O–H groups in total. The molecule has 23 heavy (non-hydrogen) atoms. The second kappa shape index (κ2) is 7.61. The molecule has 1 aromatic rings. The zero-order valence-electron chi connectivity index (χ0n) is 13.0. The first kappa shape index (κ1) is 18.2. The zero-order valence-corrected chi connectivity index (χ0v) is 14.6. The summed E-state index contributed by atoms with van der Waals surface area (Å²) in [6, 6.07) is 5.87. The normalized spacial score (nSPS) is 18.9. The van der Waals surface area contributed by atoms with E-state index in [0.717, 1.165) is 13.0 Å². The largest absolute Gasteiger partial charge is 0.493 e. The van der Waals surface area contributed by atoms with E-state index in [2.05, 4.69) is 10.0 Å². The van der Waals surface area contributed by atoms with Gasteiger partial charge in [0.1, 0.15) is 12.4 Å². The summed E-state index contributed by atoms with van der Waals surface area (Å²) in [5, 5.41) is 3.10. The van der Waals surface area contributed by atoms with Gasteiger partial charge in [0.2, 0.25) is 10.0 Å². The van der Waals surface area contributed by atoms with E-state index in [-0.39, 0.29) is 29.0 Å². The van der Waals surface area contributed by atoms with Crippen LogP contribution in [0.2, 0.25) is 0 Å². The Bertz CT molecular complexity index is 708. The second-order valence-electron chi connectivity index (χ2n) is 5.37. The van der Waals surface area contributed by atoms with Crippen LogP contribution in [0.4, 0.5) is 0 Å². The van der Waals surface area contributed by atoms with Crippen LogP contribution in [-0.2, 0) is 19.9 Å². The van der Waals surface area contributed by atoms with Gasteiger partial charge in [-0.25, -0.2) is 21.6 Å². The van der Waals surface area contributed by atoms with Gasteiger partial charge in [0.05, 0.1) is 10.6 Å². The quantitative estimate of drug-likeness (QED) is 0.682. The highest BCUT2D eigenvalue weighted by Crippen LogP contribution is 2.17. The highest BCUT2D eigenvalue weighted by molar-refractivity contribution is 7.91. The molecule has 1 aliphatic rings. The number of hydrogen-bond donors (Lipinski definition) is 2. The molecule has 0 saturated carbocycles. The van der Waals surface area contributed by atoms with Crippen LogP contribution in [-0.4, -0.2) is 54.1 Å². The fourth-order valence-electron chi connectivity index (χ4n) is 2.19. The van der Waals surface area contributed by atoms with Crippen LogP contribution in [0.25, 0.3) is 0 Å². The van der Waals surface area contributed by atoms with Crippen LogP contribution in [0, 0.1) is 0 Å². The highest BCUT2D eigenvalue weighted by atomic mass is 32.2. The van der Waals surface area contributed by atoms with E-state index < -0.39 is 19.9 Å². The number of nitrogens with one attached hydrogen (secondary N) is 2. The minimum atomic E-state index is -3.55. The lowest BCUT2D eigenvalue weighted by molar-refractivity contribution is 0.340. The Balaban J connectivity index is 1.93. The van der Waals surface area contributed by atoms with Gasteiger partial charge in [0, 0.05) is 18.3 Å². The summed E-state index contributed by atoms with van der Waals surface area (Å²) in [6.07, 6.45) is 0.770. The van der Waals surface area contributed by atoms with Gasteiger partial charge in [-0.2, -0.15) is 0 Å². The number of hydrogen-bond acceptors (Lipinski definition) is 6. The maximum atomic E-state index is 12.2. The van der Waals surface area contributed by atoms with Crippen molar-refractivity contribution < 1.29 is 21.6 Å². The van der Waals surface area contributed by atoms with Crippen LogP contribution < -0.4 is 14.8 Å². The molecule has 1 aliphatic heterocycles. The zero-order chi connectivity index (χ0) is 16.9. The maximum absolute atomic E-state index is 12.2. The van der Waals surface area contributed by atoms with E-state index in [1.165, 1.54) is 24.3 Å². The fourth-order valence-corrected chi connectivity index (χ4v) is 4.08. The molecule has 1 atom stereocenters. The van der Waals surface area contributed by atoms with E-state index in [4.69, 9.17) is 4.74 Å². The first-order valence-corrected chi connectivity index (χ1v) is 10.8. The average molecular weight is 362 g/mol. The second-order valence-corrected chi connectivity index (χ2v) is 9.55. The molecule has 130 valence electrons. The third kappa shape index (κ3) is 5.45. The predicted octanol–water partition coefficient (Wildman–Crippen LogP) is 0.140. The topological polar surface area (TPSA) is 102 Å². The summed E-state index contributed by atoms with van der Waals surface area (Å²) in [5.41, 5.74) is 0. The van der Waals surface area contributed by atoms with Gasteiger partial charge in [-0.1, -0.05) is 6.92 Å². The van der Waals surface area contributed by atoms with Gasteiger partial charge in [-0.15, -0.1) is 0 Å². The lowest BCUT2D eigenvalue weighted by Crippen LogP contribution is -2.36. The molecule has 1 heterocycles. The van der Waals surface area contributed by atoms with Crippen molar-refractivity contribution in [3.63, 3.8) is 0 Å². The number of ether oxygens (including phenoxy) is 1. The fraction of sp³-hybridized carbons (Fsp3) is 0.571. The first-order valence-electron chi connectivity index (χ1n) is 7.49. The minimum Gasteiger partial charge on any atom is -0.493 e. The number of sulfone groups is 1. The Morgan fingerprint density at radius 2 is 1.91 bits per heavy atom. The van der Waals surface area contributed by atoms with Gasteiger partial charge in [-0.3, -0.25) is 0 Å². The Kier molecular flexibility index (Phi) is 6.01. The van der Waals surface area contributed by atoms with Gasteiger partial charge in [0.15, 0.2) is 9.84 Å². The SMILES string of the molecule is CCS(=O)(=O)CCOc1ccc(S(=O)(=O)NC2CCNC2)cc1. The van der Waals surface area contributed by atoms with Gasteiger partial charge in [-0.05, 0) is 37.2 Å². The van der Waals surface area contributed by atoms with Crippen LogP contribution in [0.3, 0.4) is 0 Å². The predicted molar refractivity (Wildman–Crippen MR) is 87.9 cm³/mol. The molecule has 2 rings (SSSR count). The maximum Gasteiger partial charge on any atom is 0.240 e. The monoisotopic (exact) mass is 362 g/mol. The average Bonchev–Trinajstić information content (AvgIpc) is 3.00. The molecular formula is C14H22N2O5S2. The first-order chi connectivity index (χ1) is 10.8. The lowest BCUT2D eigenvalue weighted by atomic mass is 10.3. The van der Waals surface area contributed by atoms with E-state index in [0.29, 0.717) is 12.3 Å². The van der Waals surface area contributed by atoms with Crippen LogP contribution in [0.5, 0.6) is 5.75 Å². The third-order valence-electron chi connectivity index (χ3n) is 3.62. The smallest absolute Gasteiger partial charge is 0.240 e. The van der Waals surface area contributed by atoms with Crippen molar-refractivity contribution in [3.05, 3.63) is 24.3 Å². The number of rotatable bonds is 8. The summed E-state index contributed by atoms with van der Waals surface area (Å²) in [5.74, 6) is 0.465. The van der Waals surface area contributed by atoms with Crippen molar-refractivity contribution >= 4 is 19.9 Å². The molecule has 1 unspecified atom stereocenters. The molecule has 0 radical (unpaired) electrons. The summed E-state index contributed by atoms with van der Waals surface area (Å²) in [6.45, 7) is 3.07. The Morgan fingerprint density at radius 1 is 1.22 bits per heavy atom. The Labute approximate surface area is 137 Å². The van der Waals surface area contributed by atoms with Crippen LogP contribution in [0.1, 0.15) is 13.3 Å². The van der Waals surface area contributed by atoms with Gasteiger partial charge >= 0.3 is 0 Å². The molecule has 1 saturated heterocycles. The van der Waals surface area contributed by atoms with Crippen LogP contribution >= 0.6 is 0 Å². The van der Waals surface area contributed by atoms with Crippen LogP contribution in [0.15, 0.2) is 29.2 Å². The standard InChI is InChI=1S/C14H22N2O5S2/c1-2-22(17,18)10-9-21-13-3-5-14(6-4-13)23(19,20)16-12-7-8-15-11-12/h3-6,12,15-16H,2,7-11H2,1H3. The van der Waals surface area contributed by atoms with E-state index in [9.17, 15) is 16.8 Å². The van der Waals surface area contributed by atoms with Crippen molar-refractivity contribution in [2.45, 2.75) is 24.3 Å². The molecule has 0 amide bonds. The molecule has 1 aromatic carbocycles. The molecule has 1 fully saturated rings. The van der Waals surface area contributed by atoms with Gasteiger partial charge < -0.3 is 10.1 Å². The Hall–Kier alpha value is -1.16. The molecule has 0 spiro atoms. The lowest BCUT2D eigenvalue weighted by Gasteiger charge is -2.12. The van der Waals surface area contributed by atoms with Gasteiger partial charge in [0.25, 0.3) is 0 Å². The van der Waals surface area contributed by atoms with Crippen molar-refractivity contribution in [2.75, 3.05) is 31.2 Å². The summed E-state index contributed by atoms with van der Waals surface area (Å²) in [7, 11) is -6.62. The molecule has 0 aromatic heterocycles. The summed E-state index contributed by atoms with van der Waals surface area (Å²) >= 11 is 0. The molecule has 0 bridgehead atoms. The summed E-state index contributed by atoms with van der Waals surface area (Å²) < 4.78 is 55.2.